The Balaban J connectivity index is 1.66. The molecule has 0 aliphatic carbocycles. The first kappa shape index (κ1) is 23.2. The summed E-state index contributed by atoms with van der Waals surface area (Å²) in [5.74, 6) is 2.34. The Hall–Kier alpha value is -4.00. The van der Waals surface area contributed by atoms with Crippen molar-refractivity contribution < 1.29 is 0 Å². The Morgan fingerprint density at radius 1 is 1.24 bits per heavy atom. The number of hydrogen-bond acceptors (Lipinski definition) is 7. The molecule has 0 atom stereocenters. The lowest BCUT2D eigenvalue weighted by molar-refractivity contribution is 0.789. The molecule has 2 aromatic heterocycles. The molecule has 4 rings (SSSR count). The third kappa shape index (κ3) is 4.98. The van der Waals surface area contributed by atoms with Crippen molar-refractivity contribution in [2.75, 3.05) is 42.3 Å². The van der Waals surface area contributed by atoms with Gasteiger partial charge in [-0.2, -0.15) is 0 Å². The smallest absolute Gasteiger partial charge is 0.158 e. The number of hydrogen-bond donors (Lipinski definition) is 1. The Kier molecular flexibility index (Phi) is 7.01. The predicted octanol–water partition coefficient (Wildman–Crippen LogP) is 5.18. The summed E-state index contributed by atoms with van der Waals surface area (Å²) in [5, 5.41) is 3.40. The van der Waals surface area contributed by atoms with E-state index in [0.717, 1.165) is 71.6 Å². The molecular weight excluding hydrogens is 422 g/mol. The van der Waals surface area contributed by atoms with E-state index in [9.17, 15) is 0 Å². The number of nitrogens with one attached hydrogen (secondary N) is 1. The normalized spacial score (nSPS) is 16.1. The van der Waals surface area contributed by atoms with Gasteiger partial charge < -0.3 is 15.1 Å². The van der Waals surface area contributed by atoms with Crippen molar-refractivity contribution in [3.05, 3.63) is 79.1 Å². The van der Waals surface area contributed by atoms with Gasteiger partial charge in [-0.1, -0.05) is 19.2 Å². The summed E-state index contributed by atoms with van der Waals surface area (Å²) in [6.45, 7) is 12.0. The number of allylic oxidation sites excluding steroid dienone is 4. The van der Waals surface area contributed by atoms with E-state index in [1.807, 2.05) is 55.9 Å². The number of nitrogens with zero attached hydrogens (tertiary/aromatic N) is 6. The van der Waals surface area contributed by atoms with E-state index in [0.29, 0.717) is 0 Å². The standard InChI is InChI=1S/C27H31N7/c1-6-21(16-19(2)28-4)24-8-9-25-27(32-24)34(15-7-14-33(25)5)20(3)31-26-17-22(11-13-30-26)23-10-12-29-18-23/h6,8-9,11-13,16-18H,1,3,7,10,14-15H2,2,4-5H3,(H,30,31)/b21-16+,28-19?. The molecule has 0 amide bonds. The summed E-state index contributed by atoms with van der Waals surface area (Å²) in [7, 11) is 3.88. The molecule has 0 unspecified atom stereocenters. The fraction of sp³-hybridized carbons (Fsp3) is 0.259. The molecule has 2 aromatic rings. The highest BCUT2D eigenvalue weighted by Gasteiger charge is 2.23. The van der Waals surface area contributed by atoms with Gasteiger partial charge in [0.1, 0.15) is 11.6 Å². The number of anilines is 3. The van der Waals surface area contributed by atoms with Crippen LogP contribution in [-0.4, -0.2) is 49.1 Å². The zero-order chi connectivity index (χ0) is 24.1. The Morgan fingerprint density at radius 3 is 2.82 bits per heavy atom. The molecule has 7 nitrogen and oxygen atoms in total. The molecule has 174 valence electrons. The average Bonchev–Trinajstić information content (AvgIpc) is 3.34. The van der Waals surface area contributed by atoms with E-state index in [4.69, 9.17) is 4.98 Å². The van der Waals surface area contributed by atoms with Crippen molar-refractivity contribution >= 4 is 40.4 Å². The van der Waals surface area contributed by atoms with Crippen LogP contribution >= 0.6 is 0 Å². The van der Waals surface area contributed by atoms with Crippen LogP contribution in [0.15, 0.2) is 77.8 Å². The van der Waals surface area contributed by atoms with Gasteiger partial charge >= 0.3 is 0 Å². The number of aliphatic imine (C=N–C) groups is 2. The SMILES string of the molecule is C=C/C(=C\C(C)=NC)c1ccc2c(n1)N(C(=C)Nc1cc(C3=CN=CC3)ccn1)CCCN2C. The van der Waals surface area contributed by atoms with Crippen LogP contribution < -0.4 is 15.1 Å². The maximum Gasteiger partial charge on any atom is 0.158 e. The molecule has 0 radical (unpaired) electrons. The second kappa shape index (κ2) is 10.3. The first-order valence-electron chi connectivity index (χ1n) is 11.4. The lowest BCUT2D eigenvalue weighted by Gasteiger charge is -2.27. The monoisotopic (exact) mass is 453 g/mol. The third-order valence-corrected chi connectivity index (χ3v) is 6.01. The Bertz CT molecular complexity index is 1220. The van der Waals surface area contributed by atoms with Gasteiger partial charge in [-0.25, -0.2) is 9.97 Å². The van der Waals surface area contributed by atoms with Crippen LogP contribution in [0.3, 0.4) is 0 Å². The minimum Gasteiger partial charge on any atom is -0.372 e. The molecule has 4 heterocycles. The van der Waals surface area contributed by atoms with Crippen LogP contribution in [0, 0.1) is 0 Å². The summed E-state index contributed by atoms with van der Waals surface area (Å²) in [6.07, 6.45) is 11.2. The maximum absolute atomic E-state index is 5.05. The molecule has 0 saturated heterocycles. The van der Waals surface area contributed by atoms with Gasteiger partial charge in [0.15, 0.2) is 5.82 Å². The molecular formula is C27H31N7. The molecule has 0 spiro atoms. The van der Waals surface area contributed by atoms with Crippen LogP contribution in [0.1, 0.15) is 31.0 Å². The van der Waals surface area contributed by atoms with Crippen molar-refractivity contribution in [1.29, 1.82) is 0 Å². The number of fused-ring (bicyclic) bond motifs is 1. The van der Waals surface area contributed by atoms with E-state index in [1.165, 1.54) is 5.57 Å². The zero-order valence-electron chi connectivity index (χ0n) is 20.1. The van der Waals surface area contributed by atoms with Crippen molar-refractivity contribution in [2.45, 2.75) is 19.8 Å². The van der Waals surface area contributed by atoms with E-state index >= 15 is 0 Å². The van der Waals surface area contributed by atoms with Crippen LogP contribution in [-0.2, 0) is 0 Å². The largest absolute Gasteiger partial charge is 0.372 e. The van der Waals surface area contributed by atoms with Crippen molar-refractivity contribution in [1.82, 2.24) is 9.97 Å². The highest BCUT2D eigenvalue weighted by molar-refractivity contribution is 6.00. The van der Waals surface area contributed by atoms with Crippen LogP contribution in [0.2, 0.25) is 0 Å². The summed E-state index contributed by atoms with van der Waals surface area (Å²) in [5.41, 5.74) is 6.03. The summed E-state index contributed by atoms with van der Waals surface area (Å²) in [6, 6.07) is 8.19. The molecule has 0 bridgehead atoms. The lowest BCUT2D eigenvalue weighted by Crippen LogP contribution is -2.28. The number of rotatable bonds is 7. The Labute approximate surface area is 201 Å². The maximum atomic E-state index is 5.05. The van der Waals surface area contributed by atoms with Gasteiger partial charge in [-0.15, -0.1) is 0 Å². The highest BCUT2D eigenvalue weighted by Crippen LogP contribution is 2.34. The van der Waals surface area contributed by atoms with Gasteiger partial charge in [0, 0.05) is 63.5 Å². The van der Waals surface area contributed by atoms with Gasteiger partial charge in [-0.05, 0) is 54.8 Å². The average molecular weight is 454 g/mol. The van der Waals surface area contributed by atoms with Crippen molar-refractivity contribution in [3.8, 4) is 0 Å². The molecule has 7 heteroatoms. The van der Waals surface area contributed by atoms with Crippen molar-refractivity contribution in [3.63, 3.8) is 0 Å². The molecule has 0 aromatic carbocycles. The first-order valence-corrected chi connectivity index (χ1v) is 11.4. The van der Waals surface area contributed by atoms with Crippen LogP contribution in [0.4, 0.5) is 17.3 Å². The summed E-state index contributed by atoms with van der Waals surface area (Å²) < 4.78 is 0. The summed E-state index contributed by atoms with van der Waals surface area (Å²) in [4.78, 5) is 22.4. The quantitative estimate of drug-likeness (QED) is 0.462. The third-order valence-electron chi connectivity index (χ3n) is 6.01. The Morgan fingerprint density at radius 2 is 2.09 bits per heavy atom. The minimum atomic E-state index is 0.734. The zero-order valence-corrected chi connectivity index (χ0v) is 20.1. The van der Waals surface area contributed by atoms with E-state index in [1.54, 1.807) is 7.05 Å². The van der Waals surface area contributed by atoms with Crippen LogP contribution in [0.25, 0.3) is 11.1 Å². The van der Waals surface area contributed by atoms with Crippen LogP contribution in [0.5, 0.6) is 0 Å². The molecule has 34 heavy (non-hydrogen) atoms. The van der Waals surface area contributed by atoms with Gasteiger partial charge in [0.25, 0.3) is 0 Å². The lowest BCUT2D eigenvalue weighted by atomic mass is 10.1. The van der Waals surface area contributed by atoms with Gasteiger partial charge in [0.05, 0.1) is 11.4 Å². The fourth-order valence-corrected chi connectivity index (χ4v) is 4.03. The number of pyridine rings is 2. The van der Waals surface area contributed by atoms with E-state index in [-0.39, 0.29) is 0 Å². The molecule has 0 fully saturated rings. The number of aromatic nitrogens is 2. The summed E-state index contributed by atoms with van der Waals surface area (Å²) >= 11 is 0. The van der Waals surface area contributed by atoms with Gasteiger partial charge in [-0.3, -0.25) is 9.98 Å². The topological polar surface area (TPSA) is 69.0 Å². The first-order chi connectivity index (χ1) is 16.5. The van der Waals surface area contributed by atoms with E-state index < -0.39 is 0 Å². The molecule has 0 saturated carbocycles. The van der Waals surface area contributed by atoms with Gasteiger partial charge in [0.2, 0.25) is 0 Å². The predicted molar refractivity (Wildman–Crippen MR) is 145 cm³/mol. The molecule has 1 N–H and O–H groups in total. The molecule has 2 aliphatic rings. The molecule has 2 aliphatic heterocycles. The minimum absolute atomic E-state index is 0.734. The van der Waals surface area contributed by atoms with Crippen molar-refractivity contribution in [2.24, 2.45) is 9.98 Å². The fourth-order valence-electron chi connectivity index (χ4n) is 4.03. The highest BCUT2D eigenvalue weighted by atomic mass is 15.3. The second-order valence-electron chi connectivity index (χ2n) is 8.33. The second-order valence-corrected chi connectivity index (χ2v) is 8.33. The van der Waals surface area contributed by atoms with E-state index in [2.05, 4.69) is 56.4 Å².